The topological polar surface area (TPSA) is 44.8 Å². The molecule has 0 aliphatic carbocycles. The maximum absolute atomic E-state index is 12.7. The standard InChI is InChI=1S/C21H26ClN3O2/c1-14-5-6-19(27-4)18(13-14)23-21(26)25-9-7-24(8-10-25)20-16(3)11-15(2)12-17(20)22/h5-6,11-13H,7-10H2,1-4H3,(H,23,26). The van der Waals surface area contributed by atoms with Gasteiger partial charge in [0.25, 0.3) is 0 Å². The maximum atomic E-state index is 12.7. The smallest absolute Gasteiger partial charge is 0.322 e. The third kappa shape index (κ3) is 4.30. The molecule has 0 saturated carbocycles. The summed E-state index contributed by atoms with van der Waals surface area (Å²) in [6, 6.07) is 9.77. The summed E-state index contributed by atoms with van der Waals surface area (Å²) in [5.74, 6) is 0.662. The van der Waals surface area contributed by atoms with Crippen molar-refractivity contribution in [3.8, 4) is 5.75 Å². The summed E-state index contributed by atoms with van der Waals surface area (Å²) in [7, 11) is 1.60. The largest absolute Gasteiger partial charge is 0.495 e. The molecule has 1 N–H and O–H groups in total. The van der Waals surface area contributed by atoms with Crippen LogP contribution in [0.25, 0.3) is 0 Å². The first-order valence-electron chi connectivity index (χ1n) is 9.11. The van der Waals surface area contributed by atoms with Crippen LogP contribution in [0.15, 0.2) is 30.3 Å². The minimum atomic E-state index is -0.106. The number of nitrogens with one attached hydrogen (secondary N) is 1. The van der Waals surface area contributed by atoms with E-state index in [1.807, 2.05) is 43.0 Å². The highest BCUT2D eigenvalue weighted by molar-refractivity contribution is 6.33. The Labute approximate surface area is 165 Å². The molecule has 27 heavy (non-hydrogen) atoms. The number of carbonyl (C=O) groups is 1. The van der Waals surface area contributed by atoms with Gasteiger partial charge in [0, 0.05) is 26.2 Å². The number of benzene rings is 2. The molecule has 2 aromatic carbocycles. The molecule has 1 fully saturated rings. The highest BCUT2D eigenvalue weighted by Crippen LogP contribution is 2.32. The van der Waals surface area contributed by atoms with Crippen molar-refractivity contribution in [2.24, 2.45) is 0 Å². The van der Waals surface area contributed by atoms with Crippen LogP contribution in [-0.2, 0) is 0 Å². The second kappa shape index (κ2) is 8.09. The molecule has 0 bridgehead atoms. The van der Waals surface area contributed by atoms with Crippen LogP contribution >= 0.6 is 11.6 Å². The molecular formula is C21H26ClN3O2. The van der Waals surface area contributed by atoms with E-state index in [0.717, 1.165) is 34.9 Å². The molecule has 1 aliphatic rings. The number of hydrogen-bond acceptors (Lipinski definition) is 3. The first kappa shape index (κ1) is 19.4. The van der Waals surface area contributed by atoms with Gasteiger partial charge in [-0.15, -0.1) is 0 Å². The van der Waals surface area contributed by atoms with Crippen molar-refractivity contribution in [3.63, 3.8) is 0 Å². The van der Waals surface area contributed by atoms with Crippen molar-refractivity contribution < 1.29 is 9.53 Å². The maximum Gasteiger partial charge on any atom is 0.322 e. The van der Waals surface area contributed by atoms with E-state index >= 15 is 0 Å². The van der Waals surface area contributed by atoms with Crippen LogP contribution in [0.4, 0.5) is 16.2 Å². The van der Waals surface area contributed by atoms with E-state index in [9.17, 15) is 4.79 Å². The number of hydrogen-bond donors (Lipinski definition) is 1. The van der Waals surface area contributed by atoms with E-state index in [0.29, 0.717) is 24.5 Å². The minimum Gasteiger partial charge on any atom is -0.495 e. The Bertz CT molecular complexity index is 822. The first-order chi connectivity index (χ1) is 12.9. The molecule has 144 valence electrons. The van der Waals surface area contributed by atoms with E-state index < -0.39 is 0 Å². The number of rotatable bonds is 3. The number of amides is 2. The van der Waals surface area contributed by atoms with Crippen molar-refractivity contribution in [2.45, 2.75) is 20.8 Å². The number of halogens is 1. The van der Waals surface area contributed by atoms with Gasteiger partial charge in [-0.2, -0.15) is 0 Å². The van der Waals surface area contributed by atoms with Gasteiger partial charge in [-0.05, 0) is 55.7 Å². The van der Waals surface area contributed by atoms with Crippen molar-refractivity contribution in [1.82, 2.24) is 4.90 Å². The summed E-state index contributed by atoms with van der Waals surface area (Å²) in [4.78, 5) is 16.8. The van der Waals surface area contributed by atoms with Gasteiger partial charge in [0.15, 0.2) is 0 Å². The van der Waals surface area contributed by atoms with Crippen molar-refractivity contribution >= 4 is 29.0 Å². The predicted molar refractivity (Wildman–Crippen MR) is 111 cm³/mol. The molecule has 2 aromatic rings. The van der Waals surface area contributed by atoms with E-state index in [2.05, 4.69) is 23.2 Å². The zero-order chi connectivity index (χ0) is 19.6. The van der Waals surface area contributed by atoms with E-state index in [1.165, 1.54) is 5.56 Å². The molecule has 0 aromatic heterocycles. The van der Waals surface area contributed by atoms with E-state index in [1.54, 1.807) is 7.11 Å². The van der Waals surface area contributed by atoms with Crippen LogP contribution in [0.1, 0.15) is 16.7 Å². The number of ether oxygens (including phenoxy) is 1. The zero-order valence-electron chi connectivity index (χ0n) is 16.3. The lowest BCUT2D eigenvalue weighted by molar-refractivity contribution is 0.208. The van der Waals surface area contributed by atoms with Gasteiger partial charge >= 0.3 is 6.03 Å². The summed E-state index contributed by atoms with van der Waals surface area (Å²) in [6.45, 7) is 8.90. The Morgan fingerprint density at radius 1 is 1.04 bits per heavy atom. The highest BCUT2D eigenvalue weighted by Gasteiger charge is 2.24. The molecule has 1 saturated heterocycles. The quantitative estimate of drug-likeness (QED) is 0.835. The molecule has 0 atom stereocenters. The van der Waals surface area contributed by atoms with Gasteiger partial charge in [0.05, 0.1) is 23.5 Å². The number of urea groups is 1. The second-order valence-electron chi connectivity index (χ2n) is 7.02. The van der Waals surface area contributed by atoms with Crippen LogP contribution in [-0.4, -0.2) is 44.2 Å². The average molecular weight is 388 g/mol. The van der Waals surface area contributed by atoms with Crippen LogP contribution in [0.2, 0.25) is 5.02 Å². The summed E-state index contributed by atoms with van der Waals surface area (Å²) < 4.78 is 5.34. The monoisotopic (exact) mass is 387 g/mol. The summed E-state index contributed by atoms with van der Waals surface area (Å²) in [6.07, 6.45) is 0. The Morgan fingerprint density at radius 3 is 2.37 bits per heavy atom. The van der Waals surface area contributed by atoms with Gasteiger partial charge in [0.2, 0.25) is 0 Å². The molecule has 1 aliphatic heterocycles. The molecule has 6 heteroatoms. The van der Waals surface area contributed by atoms with Crippen molar-refractivity contribution in [2.75, 3.05) is 43.5 Å². The van der Waals surface area contributed by atoms with Crippen LogP contribution in [0.3, 0.4) is 0 Å². The third-order valence-electron chi connectivity index (χ3n) is 4.88. The van der Waals surface area contributed by atoms with Crippen LogP contribution in [0.5, 0.6) is 5.75 Å². The number of carbonyl (C=O) groups excluding carboxylic acids is 1. The van der Waals surface area contributed by atoms with Crippen molar-refractivity contribution in [1.29, 1.82) is 0 Å². The molecule has 3 rings (SSSR count). The Balaban J connectivity index is 1.66. The van der Waals surface area contributed by atoms with Crippen LogP contribution < -0.4 is 15.0 Å². The fraction of sp³-hybridized carbons (Fsp3) is 0.381. The van der Waals surface area contributed by atoms with Crippen molar-refractivity contribution in [3.05, 3.63) is 52.0 Å². The molecule has 0 spiro atoms. The Hall–Kier alpha value is -2.40. The summed E-state index contributed by atoms with van der Waals surface area (Å²) >= 11 is 6.47. The van der Waals surface area contributed by atoms with E-state index in [4.69, 9.17) is 16.3 Å². The predicted octanol–water partition coefficient (Wildman–Crippen LogP) is 4.63. The van der Waals surface area contributed by atoms with Gasteiger partial charge in [-0.1, -0.05) is 23.7 Å². The summed E-state index contributed by atoms with van der Waals surface area (Å²) in [5.41, 5.74) is 5.17. The number of piperazine rings is 1. The zero-order valence-corrected chi connectivity index (χ0v) is 17.1. The normalized spacial score (nSPS) is 14.3. The lowest BCUT2D eigenvalue weighted by atomic mass is 10.1. The fourth-order valence-electron chi connectivity index (χ4n) is 3.56. The Kier molecular flexibility index (Phi) is 5.80. The van der Waals surface area contributed by atoms with Gasteiger partial charge < -0.3 is 19.9 Å². The lowest BCUT2D eigenvalue weighted by Gasteiger charge is -2.37. The number of nitrogens with zero attached hydrogens (tertiary/aromatic N) is 2. The SMILES string of the molecule is COc1ccc(C)cc1NC(=O)N1CCN(c2c(C)cc(C)cc2Cl)CC1. The van der Waals surface area contributed by atoms with Gasteiger partial charge in [-0.25, -0.2) is 4.79 Å². The summed E-state index contributed by atoms with van der Waals surface area (Å²) in [5, 5.41) is 3.75. The molecule has 1 heterocycles. The Morgan fingerprint density at radius 2 is 1.74 bits per heavy atom. The first-order valence-corrected chi connectivity index (χ1v) is 9.49. The number of methoxy groups -OCH3 is 1. The fourth-order valence-corrected chi connectivity index (χ4v) is 4.00. The van der Waals surface area contributed by atoms with Gasteiger partial charge in [0.1, 0.15) is 5.75 Å². The average Bonchev–Trinajstić information content (AvgIpc) is 2.61. The molecule has 2 amide bonds. The molecule has 0 unspecified atom stereocenters. The van der Waals surface area contributed by atoms with E-state index in [-0.39, 0.29) is 6.03 Å². The van der Waals surface area contributed by atoms with Crippen LogP contribution in [0, 0.1) is 20.8 Å². The number of anilines is 2. The minimum absolute atomic E-state index is 0.106. The third-order valence-corrected chi connectivity index (χ3v) is 5.17. The molecule has 5 nitrogen and oxygen atoms in total. The molecule has 0 radical (unpaired) electrons. The van der Waals surface area contributed by atoms with Gasteiger partial charge in [-0.3, -0.25) is 0 Å². The number of aryl methyl sites for hydroxylation is 3. The second-order valence-corrected chi connectivity index (χ2v) is 7.43. The lowest BCUT2D eigenvalue weighted by Crippen LogP contribution is -2.50. The molecular weight excluding hydrogens is 362 g/mol. The highest BCUT2D eigenvalue weighted by atomic mass is 35.5.